The van der Waals surface area contributed by atoms with Gasteiger partial charge in [0, 0.05) is 17.0 Å². The Kier molecular flexibility index (Phi) is 5.96. The van der Waals surface area contributed by atoms with Crippen LogP contribution in [-0.4, -0.2) is 35.4 Å². The fourth-order valence-electron chi connectivity index (χ4n) is 3.29. The highest BCUT2D eigenvalue weighted by molar-refractivity contribution is 7.10. The zero-order chi connectivity index (χ0) is 19.4. The van der Waals surface area contributed by atoms with Gasteiger partial charge in [0.05, 0.1) is 18.7 Å². The van der Waals surface area contributed by atoms with Gasteiger partial charge in [-0.25, -0.2) is 0 Å². The molecule has 1 atom stereocenters. The molecule has 2 heterocycles. The number of likely N-dealkylation sites (tertiary alicyclic amines) is 1. The molecule has 1 aliphatic rings. The van der Waals surface area contributed by atoms with Crippen LogP contribution in [0.25, 0.3) is 5.76 Å². The van der Waals surface area contributed by atoms with Crippen LogP contribution < -0.4 is 4.74 Å². The van der Waals surface area contributed by atoms with Gasteiger partial charge in [0.2, 0.25) is 0 Å². The second-order valence-corrected chi connectivity index (χ2v) is 7.42. The lowest BCUT2D eigenvalue weighted by molar-refractivity contribution is -0.139. The van der Waals surface area contributed by atoms with Crippen LogP contribution in [0.1, 0.15) is 42.7 Å². The number of ether oxygens (including phenoxy) is 1. The van der Waals surface area contributed by atoms with Crippen molar-refractivity contribution in [2.45, 2.75) is 32.2 Å². The number of thiophene rings is 1. The van der Waals surface area contributed by atoms with Crippen molar-refractivity contribution in [2.75, 3.05) is 13.7 Å². The maximum Gasteiger partial charge on any atom is 0.295 e. The zero-order valence-electron chi connectivity index (χ0n) is 15.5. The number of unbranched alkanes of at least 4 members (excludes halogenated alkanes) is 2. The number of aliphatic hydroxyl groups excluding tert-OH is 1. The van der Waals surface area contributed by atoms with Gasteiger partial charge in [-0.3, -0.25) is 9.59 Å². The number of carbonyl (C=O) groups is 2. The molecule has 1 aromatic carbocycles. The molecule has 6 heteroatoms. The Morgan fingerprint density at radius 3 is 2.52 bits per heavy atom. The van der Waals surface area contributed by atoms with Crippen molar-refractivity contribution in [2.24, 2.45) is 0 Å². The first kappa shape index (κ1) is 19.2. The van der Waals surface area contributed by atoms with E-state index in [1.807, 2.05) is 17.5 Å². The van der Waals surface area contributed by atoms with Crippen LogP contribution >= 0.6 is 11.3 Å². The molecule has 27 heavy (non-hydrogen) atoms. The van der Waals surface area contributed by atoms with Crippen molar-refractivity contribution in [3.05, 3.63) is 57.8 Å². The number of rotatable bonds is 7. The fraction of sp³-hybridized carbons (Fsp3) is 0.333. The minimum Gasteiger partial charge on any atom is -0.507 e. The molecule has 1 N–H and O–H groups in total. The van der Waals surface area contributed by atoms with Crippen LogP contribution in [0.3, 0.4) is 0 Å². The molecule has 142 valence electrons. The lowest BCUT2D eigenvalue weighted by Crippen LogP contribution is -2.30. The van der Waals surface area contributed by atoms with E-state index < -0.39 is 17.7 Å². The highest BCUT2D eigenvalue weighted by Crippen LogP contribution is 2.41. The molecular weight excluding hydrogens is 362 g/mol. The largest absolute Gasteiger partial charge is 0.507 e. The van der Waals surface area contributed by atoms with Crippen molar-refractivity contribution < 1.29 is 19.4 Å². The van der Waals surface area contributed by atoms with Crippen molar-refractivity contribution in [1.82, 2.24) is 4.90 Å². The van der Waals surface area contributed by atoms with Crippen LogP contribution in [0.5, 0.6) is 5.75 Å². The highest BCUT2D eigenvalue weighted by atomic mass is 32.1. The third-order valence-corrected chi connectivity index (χ3v) is 5.64. The first-order valence-electron chi connectivity index (χ1n) is 9.04. The molecular formula is C21H23NO4S. The molecule has 1 unspecified atom stereocenters. The average molecular weight is 385 g/mol. The summed E-state index contributed by atoms with van der Waals surface area (Å²) in [5.74, 6) is -0.661. The van der Waals surface area contributed by atoms with E-state index >= 15 is 0 Å². The van der Waals surface area contributed by atoms with Gasteiger partial charge in [-0.15, -0.1) is 11.3 Å². The predicted octanol–water partition coefficient (Wildman–Crippen LogP) is 4.37. The van der Waals surface area contributed by atoms with Crippen molar-refractivity contribution >= 4 is 28.8 Å². The van der Waals surface area contributed by atoms with E-state index in [2.05, 4.69) is 6.92 Å². The number of methoxy groups -OCH3 is 1. The van der Waals surface area contributed by atoms with Crippen molar-refractivity contribution in [1.29, 1.82) is 0 Å². The number of amides is 1. The molecule has 1 aromatic heterocycles. The maximum atomic E-state index is 12.8. The smallest absolute Gasteiger partial charge is 0.295 e. The van der Waals surface area contributed by atoms with Crippen LogP contribution in [-0.2, 0) is 9.59 Å². The van der Waals surface area contributed by atoms with E-state index in [1.54, 1.807) is 36.3 Å². The van der Waals surface area contributed by atoms with Gasteiger partial charge in [-0.05, 0) is 42.1 Å². The first-order valence-corrected chi connectivity index (χ1v) is 9.92. The summed E-state index contributed by atoms with van der Waals surface area (Å²) < 4.78 is 5.14. The Bertz CT molecular complexity index is 840. The fourth-order valence-corrected chi connectivity index (χ4v) is 4.14. The van der Waals surface area contributed by atoms with Gasteiger partial charge in [0.25, 0.3) is 11.7 Å². The van der Waals surface area contributed by atoms with Gasteiger partial charge in [-0.2, -0.15) is 0 Å². The van der Waals surface area contributed by atoms with Gasteiger partial charge < -0.3 is 14.7 Å². The normalized spacial score (nSPS) is 18.9. The zero-order valence-corrected chi connectivity index (χ0v) is 16.3. The van der Waals surface area contributed by atoms with Crippen LogP contribution in [0, 0.1) is 0 Å². The number of benzene rings is 1. The molecule has 1 saturated heterocycles. The van der Waals surface area contributed by atoms with Gasteiger partial charge in [-0.1, -0.05) is 25.8 Å². The maximum absolute atomic E-state index is 12.8. The molecule has 1 amide bonds. The van der Waals surface area contributed by atoms with E-state index in [4.69, 9.17) is 4.74 Å². The minimum atomic E-state index is -0.627. The van der Waals surface area contributed by atoms with Gasteiger partial charge in [0.1, 0.15) is 11.5 Å². The molecule has 5 nitrogen and oxygen atoms in total. The monoisotopic (exact) mass is 385 g/mol. The molecule has 0 bridgehead atoms. The quantitative estimate of drug-likeness (QED) is 0.333. The summed E-state index contributed by atoms with van der Waals surface area (Å²) in [5, 5.41) is 12.8. The van der Waals surface area contributed by atoms with E-state index in [-0.39, 0.29) is 11.3 Å². The van der Waals surface area contributed by atoms with Crippen molar-refractivity contribution in [3.63, 3.8) is 0 Å². The number of Topliss-reactive ketones (excluding diaryl/α,β-unsaturated/α-hetero) is 1. The molecule has 0 spiro atoms. The van der Waals surface area contributed by atoms with E-state index in [0.717, 1.165) is 24.1 Å². The summed E-state index contributed by atoms with van der Waals surface area (Å²) in [6.07, 6.45) is 2.84. The molecule has 0 aliphatic carbocycles. The number of nitrogens with zero attached hydrogens (tertiary/aromatic N) is 1. The Labute approximate surface area is 162 Å². The van der Waals surface area contributed by atoms with E-state index in [0.29, 0.717) is 17.9 Å². The van der Waals surface area contributed by atoms with Gasteiger partial charge in [0.15, 0.2) is 0 Å². The lowest BCUT2D eigenvalue weighted by Gasteiger charge is -2.24. The Balaban J connectivity index is 2.04. The molecule has 3 rings (SSSR count). The summed E-state index contributed by atoms with van der Waals surface area (Å²) >= 11 is 1.48. The highest BCUT2D eigenvalue weighted by Gasteiger charge is 2.46. The number of ketones is 1. The minimum absolute atomic E-state index is 0.146. The molecule has 1 aliphatic heterocycles. The third kappa shape index (κ3) is 3.76. The summed E-state index contributed by atoms with van der Waals surface area (Å²) in [6.45, 7) is 2.59. The number of carbonyl (C=O) groups excluding carboxylic acids is 2. The summed E-state index contributed by atoms with van der Waals surface area (Å²) in [6, 6.07) is 10.0. The van der Waals surface area contributed by atoms with Crippen LogP contribution in [0.2, 0.25) is 0 Å². The first-order chi connectivity index (χ1) is 13.1. The molecule has 1 fully saturated rings. The standard InChI is InChI=1S/C21H23NO4S/c1-3-4-5-12-22-18(16-7-6-13-27-16)17(20(24)21(22)25)19(23)14-8-10-15(26-2)11-9-14/h6-11,13,18,23H,3-5,12H2,1-2H3/b19-17-. The van der Waals surface area contributed by atoms with Gasteiger partial charge >= 0.3 is 0 Å². The van der Waals surface area contributed by atoms with Crippen LogP contribution in [0.4, 0.5) is 0 Å². The van der Waals surface area contributed by atoms with E-state index in [9.17, 15) is 14.7 Å². The second-order valence-electron chi connectivity index (χ2n) is 6.44. The third-order valence-electron chi connectivity index (χ3n) is 4.72. The van der Waals surface area contributed by atoms with Crippen LogP contribution in [0.15, 0.2) is 47.4 Å². The molecule has 0 radical (unpaired) electrons. The van der Waals surface area contributed by atoms with Crippen molar-refractivity contribution in [3.8, 4) is 5.75 Å². The number of hydrogen-bond donors (Lipinski definition) is 1. The topological polar surface area (TPSA) is 66.8 Å². The summed E-state index contributed by atoms with van der Waals surface area (Å²) in [4.78, 5) is 27.9. The second kappa shape index (κ2) is 8.39. The molecule has 2 aromatic rings. The predicted molar refractivity (Wildman–Crippen MR) is 106 cm³/mol. The summed E-state index contributed by atoms with van der Waals surface area (Å²) in [5.41, 5.74) is 0.646. The Morgan fingerprint density at radius 1 is 1.19 bits per heavy atom. The average Bonchev–Trinajstić information content (AvgIpc) is 3.30. The number of hydrogen-bond acceptors (Lipinski definition) is 5. The Morgan fingerprint density at radius 2 is 1.93 bits per heavy atom. The molecule has 0 saturated carbocycles. The SMILES string of the molecule is CCCCCN1C(=O)C(=O)/C(=C(\O)c2ccc(OC)cc2)C1c1cccs1. The summed E-state index contributed by atoms with van der Waals surface area (Å²) in [7, 11) is 1.56. The van der Waals surface area contributed by atoms with E-state index in [1.165, 1.54) is 11.3 Å². The Hall–Kier alpha value is -2.60. The number of aliphatic hydroxyl groups is 1. The lowest BCUT2D eigenvalue weighted by atomic mass is 9.99.